The van der Waals surface area contributed by atoms with Crippen LogP contribution in [0.25, 0.3) is 10.8 Å². The van der Waals surface area contributed by atoms with Gasteiger partial charge in [0.15, 0.2) is 0 Å². The molecule has 1 saturated heterocycles. The van der Waals surface area contributed by atoms with Gasteiger partial charge in [-0.15, -0.1) is 0 Å². The van der Waals surface area contributed by atoms with Crippen LogP contribution >= 0.6 is 0 Å². The van der Waals surface area contributed by atoms with E-state index in [1.54, 1.807) is 36.2 Å². The third-order valence-electron chi connectivity index (χ3n) is 6.65. The number of nitrogens with zero attached hydrogens (tertiary/aromatic N) is 4. The Kier molecular flexibility index (Phi) is 5.54. The van der Waals surface area contributed by atoms with Crippen LogP contribution in [0.1, 0.15) is 23.2 Å². The fraction of sp³-hybridized carbons (Fsp3) is 0.375. The molecule has 9 heteroatoms. The first-order valence-corrected chi connectivity index (χ1v) is 12.6. The Bertz CT molecular complexity index is 1410. The number of carbonyl (C=O) groups excluding carboxylic acids is 1. The number of aromatic nitrogens is 2. The highest BCUT2D eigenvalue weighted by molar-refractivity contribution is 7.89. The van der Waals surface area contributed by atoms with Crippen molar-refractivity contribution in [2.24, 2.45) is 7.05 Å². The summed E-state index contributed by atoms with van der Waals surface area (Å²) in [5.74, 6) is -0.124. The molecular formula is C24H26N4O4S. The molecule has 1 aliphatic carbocycles. The molecule has 1 amide bonds. The molecule has 172 valence electrons. The number of piperazine rings is 1. The van der Waals surface area contributed by atoms with Crippen LogP contribution in [0.4, 0.5) is 0 Å². The summed E-state index contributed by atoms with van der Waals surface area (Å²) in [5.41, 5.74) is 2.71. The standard InChI is InChI=1S/C24H26N4O4S/c1-26-24(30)21-8-3-2-7-20(21)22(25-26)16-23(29)27-11-13-28(14-12-27)33(31,32)19-10-9-17-5-4-6-18(17)15-19/h2-3,7-10,15H,4-6,11-14,16H2,1H3. The zero-order valence-electron chi connectivity index (χ0n) is 18.5. The molecule has 0 N–H and O–H groups in total. The first-order chi connectivity index (χ1) is 15.8. The van der Waals surface area contributed by atoms with Crippen LogP contribution in [0.3, 0.4) is 0 Å². The van der Waals surface area contributed by atoms with Crippen molar-refractivity contribution in [3.8, 4) is 0 Å². The fourth-order valence-corrected chi connectivity index (χ4v) is 6.27. The van der Waals surface area contributed by atoms with Crippen LogP contribution in [0.5, 0.6) is 0 Å². The monoisotopic (exact) mass is 466 g/mol. The number of sulfonamides is 1. The molecule has 2 aromatic carbocycles. The molecule has 2 aliphatic rings. The summed E-state index contributed by atoms with van der Waals surface area (Å²) in [7, 11) is -2.01. The van der Waals surface area contributed by atoms with Crippen LogP contribution in [-0.2, 0) is 41.1 Å². The number of rotatable bonds is 4. The molecule has 0 atom stereocenters. The second-order valence-corrected chi connectivity index (χ2v) is 10.6. The summed E-state index contributed by atoms with van der Waals surface area (Å²) < 4.78 is 29.0. The molecule has 1 aromatic heterocycles. The zero-order valence-corrected chi connectivity index (χ0v) is 19.3. The van der Waals surface area contributed by atoms with Gasteiger partial charge in [-0.1, -0.05) is 24.3 Å². The van der Waals surface area contributed by atoms with Crippen LogP contribution < -0.4 is 5.56 Å². The molecule has 8 nitrogen and oxygen atoms in total. The zero-order chi connectivity index (χ0) is 23.2. The summed E-state index contributed by atoms with van der Waals surface area (Å²) in [6, 6.07) is 12.6. The number of benzene rings is 2. The van der Waals surface area contributed by atoms with Crippen molar-refractivity contribution in [3.05, 3.63) is 69.6 Å². The lowest BCUT2D eigenvalue weighted by Crippen LogP contribution is -2.51. The van der Waals surface area contributed by atoms with Gasteiger partial charge in [0.25, 0.3) is 5.56 Å². The summed E-state index contributed by atoms with van der Waals surface area (Å²) in [5, 5.41) is 5.51. The van der Waals surface area contributed by atoms with Crippen molar-refractivity contribution in [3.63, 3.8) is 0 Å². The van der Waals surface area contributed by atoms with E-state index in [1.165, 1.54) is 14.6 Å². The summed E-state index contributed by atoms with van der Waals surface area (Å²) in [6.45, 7) is 1.17. The molecule has 2 heterocycles. The average molecular weight is 467 g/mol. The molecule has 0 spiro atoms. The van der Waals surface area contributed by atoms with Gasteiger partial charge >= 0.3 is 0 Å². The van der Waals surface area contributed by atoms with Crippen molar-refractivity contribution in [2.75, 3.05) is 26.2 Å². The van der Waals surface area contributed by atoms with Gasteiger partial charge in [-0.3, -0.25) is 9.59 Å². The summed E-state index contributed by atoms with van der Waals surface area (Å²) >= 11 is 0. The van der Waals surface area contributed by atoms with Crippen molar-refractivity contribution in [2.45, 2.75) is 30.6 Å². The minimum Gasteiger partial charge on any atom is -0.340 e. The van der Waals surface area contributed by atoms with Crippen molar-refractivity contribution < 1.29 is 13.2 Å². The number of hydrogen-bond donors (Lipinski definition) is 0. The van der Waals surface area contributed by atoms with E-state index < -0.39 is 10.0 Å². The van der Waals surface area contributed by atoms with Gasteiger partial charge in [-0.05, 0) is 48.6 Å². The Morgan fingerprint density at radius 1 is 0.970 bits per heavy atom. The Hall–Kier alpha value is -3.04. The molecular weight excluding hydrogens is 440 g/mol. The van der Waals surface area contributed by atoms with Crippen LogP contribution in [0.2, 0.25) is 0 Å². The van der Waals surface area contributed by atoms with Gasteiger partial charge in [0.1, 0.15) is 0 Å². The lowest BCUT2D eigenvalue weighted by atomic mass is 10.1. The van der Waals surface area contributed by atoms with E-state index >= 15 is 0 Å². The number of carbonyl (C=O) groups is 1. The predicted octanol–water partition coefficient (Wildman–Crippen LogP) is 1.50. The Morgan fingerprint density at radius 3 is 2.42 bits per heavy atom. The lowest BCUT2D eigenvalue weighted by Gasteiger charge is -2.34. The Morgan fingerprint density at radius 2 is 1.67 bits per heavy atom. The van der Waals surface area contributed by atoms with Gasteiger partial charge in [-0.2, -0.15) is 9.40 Å². The molecule has 3 aromatic rings. The van der Waals surface area contributed by atoms with Crippen LogP contribution in [0.15, 0.2) is 52.2 Å². The van der Waals surface area contributed by atoms with Gasteiger partial charge in [0.2, 0.25) is 15.9 Å². The third-order valence-corrected chi connectivity index (χ3v) is 8.55. The minimum absolute atomic E-state index is 0.0617. The quantitative estimate of drug-likeness (QED) is 0.581. The highest BCUT2D eigenvalue weighted by atomic mass is 32.2. The second kappa shape index (κ2) is 8.39. The summed E-state index contributed by atoms with van der Waals surface area (Å²) in [4.78, 5) is 27.3. The number of fused-ring (bicyclic) bond motifs is 2. The van der Waals surface area contributed by atoms with E-state index in [2.05, 4.69) is 5.10 Å². The number of hydrogen-bond acceptors (Lipinski definition) is 5. The molecule has 0 radical (unpaired) electrons. The number of aryl methyl sites for hydroxylation is 3. The normalized spacial score (nSPS) is 16.8. The highest BCUT2D eigenvalue weighted by Gasteiger charge is 2.31. The van der Waals surface area contributed by atoms with E-state index in [4.69, 9.17) is 0 Å². The maximum atomic E-state index is 13.2. The second-order valence-electron chi connectivity index (χ2n) is 8.67. The largest absolute Gasteiger partial charge is 0.340 e. The minimum atomic E-state index is -3.59. The molecule has 1 aliphatic heterocycles. The average Bonchev–Trinajstić information content (AvgIpc) is 3.30. The predicted molar refractivity (Wildman–Crippen MR) is 124 cm³/mol. The Labute approximate surface area is 192 Å². The molecule has 5 rings (SSSR count). The maximum Gasteiger partial charge on any atom is 0.274 e. The molecule has 0 bridgehead atoms. The molecule has 1 fully saturated rings. The van der Waals surface area contributed by atoms with E-state index in [0.29, 0.717) is 34.5 Å². The van der Waals surface area contributed by atoms with E-state index in [-0.39, 0.29) is 31.0 Å². The summed E-state index contributed by atoms with van der Waals surface area (Å²) in [6.07, 6.45) is 3.07. The van der Waals surface area contributed by atoms with Gasteiger partial charge < -0.3 is 4.90 Å². The van der Waals surface area contributed by atoms with Crippen LogP contribution in [0, 0.1) is 0 Å². The van der Waals surface area contributed by atoms with E-state index in [0.717, 1.165) is 24.8 Å². The van der Waals surface area contributed by atoms with Crippen molar-refractivity contribution in [1.82, 2.24) is 19.0 Å². The smallest absolute Gasteiger partial charge is 0.274 e. The van der Waals surface area contributed by atoms with Crippen molar-refractivity contribution in [1.29, 1.82) is 0 Å². The van der Waals surface area contributed by atoms with Gasteiger partial charge in [-0.25, -0.2) is 13.1 Å². The molecule has 0 saturated carbocycles. The molecule has 0 unspecified atom stereocenters. The van der Waals surface area contributed by atoms with Gasteiger partial charge in [0, 0.05) is 38.6 Å². The van der Waals surface area contributed by atoms with Gasteiger partial charge in [0.05, 0.1) is 22.4 Å². The van der Waals surface area contributed by atoms with Crippen molar-refractivity contribution >= 4 is 26.7 Å². The van der Waals surface area contributed by atoms with E-state index in [9.17, 15) is 18.0 Å². The highest BCUT2D eigenvalue weighted by Crippen LogP contribution is 2.27. The first-order valence-electron chi connectivity index (χ1n) is 11.2. The SMILES string of the molecule is Cn1nc(CC(=O)N2CCN(S(=O)(=O)c3ccc4c(c3)CCC4)CC2)c2ccccc2c1=O. The third kappa shape index (κ3) is 3.95. The lowest BCUT2D eigenvalue weighted by molar-refractivity contribution is -0.131. The van der Waals surface area contributed by atoms with Crippen LogP contribution in [-0.4, -0.2) is 59.5 Å². The maximum absolute atomic E-state index is 13.2. The number of amides is 1. The first kappa shape index (κ1) is 21.8. The molecule has 33 heavy (non-hydrogen) atoms. The Balaban J connectivity index is 1.29. The topological polar surface area (TPSA) is 92.6 Å². The van der Waals surface area contributed by atoms with E-state index in [1.807, 2.05) is 18.2 Å². The fourth-order valence-electron chi connectivity index (χ4n) is 4.80.